The smallest absolute Gasteiger partial charge is 0.162 e. The molecule has 0 fully saturated rings. The van der Waals surface area contributed by atoms with Crippen LogP contribution in [0.1, 0.15) is 0 Å². The van der Waals surface area contributed by atoms with Gasteiger partial charge in [-0.05, 0) is 12.1 Å². The molecule has 0 amide bonds. The number of hydrogen-bond acceptors (Lipinski definition) is 2. The van der Waals surface area contributed by atoms with Crippen LogP contribution >= 0.6 is 0 Å². The highest BCUT2D eigenvalue weighted by atomic mass is 19.2. The summed E-state index contributed by atoms with van der Waals surface area (Å²) in [6.45, 7) is 0. The fourth-order valence-corrected chi connectivity index (χ4v) is 0.658. The van der Waals surface area contributed by atoms with E-state index in [1.165, 1.54) is 13.1 Å². The molecule has 0 bridgehead atoms. The normalized spacial score (nSPS) is 9.73. The molecule has 0 saturated heterocycles. The van der Waals surface area contributed by atoms with Crippen molar-refractivity contribution in [2.45, 2.75) is 0 Å². The highest BCUT2D eigenvalue weighted by molar-refractivity contribution is 5.23. The van der Waals surface area contributed by atoms with Gasteiger partial charge in [0.15, 0.2) is 11.6 Å². The van der Waals surface area contributed by atoms with Crippen LogP contribution in [-0.4, -0.2) is 7.05 Å². The molecule has 1 aromatic rings. The molecule has 2 nitrogen and oxygen atoms in total. The van der Waals surface area contributed by atoms with Crippen LogP contribution in [0.2, 0.25) is 0 Å². The van der Waals surface area contributed by atoms with Crippen LogP contribution in [0.3, 0.4) is 0 Å². The second-order valence-electron chi connectivity index (χ2n) is 1.88. The Morgan fingerprint density at radius 3 is 2.55 bits per heavy atom. The third-order valence-corrected chi connectivity index (χ3v) is 1.11. The molecule has 1 aromatic carbocycles. The number of hydroxylamine groups is 1. The number of benzene rings is 1. The SMILES string of the molecule is CNOc1ccc(F)c(F)c1. The molecule has 4 heteroatoms. The van der Waals surface area contributed by atoms with Crippen molar-refractivity contribution in [3.8, 4) is 5.75 Å². The molecule has 0 spiro atoms. The summed E-state index contributed by atoms with van der Waals surface area (Å²) in [4.78, 5) is 4.69. The van der Waals surface area contributed by atoms with E-state index in [9.17, 15) is 8.78 Å². The standard InChI is InChI=1S/C7H7F2NO/c1-10-11-5-2-3-6(8)7(9)4-5/h2-4,10H,1H3. The summed E-state index contributed by atoms with van der Waals surface area (Å²) in [6.07, 6.45) is 0. The highest BCUT2D eigenvalue weighted by Gasteiger charge is 2.01. The Morgan fingerprint density at radius 2 is 2.00 bits per heavy atom. The molecule has 0 atom stereocenters. The summed E-state index contributed by atoms with van der Waals surface area (Å²) in [5.41, 5.74) is 2.34. The lowest BCUT2D eigenvalue weighted by atomic mass is 10.3. The first-order valence-electron chi connectivity index (χ1n) is 3.02. The summed E-state index contributed by atoms with van der Waals surface area (Å²) >= 11 is 0. The summed E-state index contributed by atoms with van der Waals surface area (Å²) in [5.74, 6) is -1.56. The Kier molecular flexibility index (Phi) is 2.38. The number of hydrogen-bond donors (Lipinski definition) is 1. The lowest BCUT2D eigenvalue weighted by Crippen LogP contribution is -2.10. The first kappa shape index (κ1) is 7.94. The van der Waals surface area contributed by atoms with Gasteiger partial charge in [-0.2, -0.15) is 5.48 Å². The first-order valence-corrected chi connectivity index (χ1v) is 3.02. The molecule has 60 valence electrons. The summed E-state index contributed by atoms with van der Waals surface area (Å²) < 4.78 is 24.7. The predicted molar refractivity (Wildman–Crippen MR) is 36.0 cm³/mol. The fourth-order valence-electron chi connectivity index (χ4n) is 0.658. The Morgan fingerprint density at radius 1 is 1.27 bits per heavy atom. The zero-order valence-corrected chi connectivity index (χ0v) is 5.90. The van der Waals surface area contributed by atoms with Crippen LogP contribution in [-0.2, 0) is 0 Å². The van der Waals surface area contributed by atoms with Gasteiger partial charge in [0.1, 0.15) is 5.75 Å². The zero-order chi connectivity index (χ0) is 8.27. The average Bonchev–Trinajstić information content (AvgIpc) is 1.98. The topological polar surface area (TPSA) is 21.3 Å². The van der Waals surface area contributed by atoms with E-state index in [0.29, 0.717) is 0 Å². The maximum absolute atomic E-state index is 12.4. The molecule has 0 aromatic heterocycles. The molecular weight excluding hydrogens is 152 g/mol. The molecule has 0 radical (unpaired) electrons. The predicted octanol–water partition coefficient (Wildman–Crippen LogP) is 1.48. The van der Waals surface area contributed by atoms with E-state index in [1.807, 2.05) is 0 Å². The van der Waals surface area contributed by atoms with E-state index in [0.717, 1.165) is 12.1 Å². The lowest BCUT2D eigenvalue weighted by Gasteiger charge is -2.01. The molecule has 1 N–H and O–H groups in total. The minimum Gasteiger partial charge on any atom is -0.409 e. The van der Waals surface area contributed by atoms with Gasteiger partial charge in [-0.15, -0.1) is 0 Å². The molecule has 0 saturated carbocycles. The Bertz CT molecular complexity index is 252. The Labute approximate surface area is 62.7 Å². The average molecular weight is 159 g/mol. The van der Waals surface area contributed by atoms with Crippen molar-refractivity contribution in [1.82, 2.24) is 5.48 Å². The van der Waals surface area contributed by atoms with E-state index in [2.05, 4.69) is 10.3 Å². The molecule has 0 heterocycles. The van der Waals surface area contributed by atoms with E-state index >= 15 is 0 Å². The largest absolute Gasteiger partial charge is 0.409 e. The zero-order valence-electron chi connectivity index (χ0n) is 5.90. The van der Waals surface area contributed by atoms with E-state index in [1.54, 1.807) is 0 Å². The minimum atomic E-state index is -0.919. The second kappa shape index (κ2) is 3.30. The quantitative estimate of drug-likeness (QED) is 0.660. The number of rotatable bonds is 2. The molecule has 0 aliphatic carbocycles. The second-order valence-corrected chi connectivity index (χ2v) is 1.88. The van der Waals surface area contributed by atoms with E-state index < -0.39 is 11.6 Å². The molecule has 1 rings (SSSR count). The van der Waals surface area contributed by atoms with Gasteiger partial charge < -0.3 is 4.84 Å². The first-order chi connectivity index (χ1) is 5.24. The van der Waals surface area contributed by atoms with Crippen LogP contribution in [0.5, 0.6) is 5.75 Å². The van der Waals surface area contributed by atoms with Crippen LogP contribution < -0.4 is 10.3 Å². The third-order valence-electron chi connectivity index (χ3n) is 1.11. The van der Waals surface area contributed by atoms with Crippen LogP contribution in [0.15, 0.2) is 18.2 Å². The van der Waals surface area contributed by atoms with Crippen molar-refractivity contribution in [3.05, 3.63) is 29.8 Å². The van der Waals surface area contributed by atoms with Gasteiger partial charge in [-0.1, -0.05) is 0 Å². The van der Waals surface area contributed by atoms with Crippen LogP contribution in [0, 0.1) is 11.6 Å². The van der Waals surface area contributed by atoms with Gasteiger partial charge in [0.05, 0.1) is 0 Å². The van der Waals surface area contributed by atoms with Gasteiger partial charge in [0.25, 0.3) is 0 Å². The Balaban J connectivity index is 2.86. The maximum Gasteiger partial charge on any atom is 0.162 e. The van der Waals surface area contributed by atoms with Crippen molar-refractivity contribution in [3.63, 3.8) is 0 Å². The van der Waals surface area contributed by atoms with Crippen molar-refractivity contribution in [2.75, 3.05) is 7.05 Å². The van der Waals surface area contributed by atoms with Crippen LogP contribution in [0.25, 0.3) is 0 Å². The molecule has 0 unspecified atom stereocenters. The third kappa shape index (κ3) is 1.88. The fraction of sp³-hybridized carbons (Fsp3) is 0.143. The van der Waals surface area contributed by atoms with Gasteiger partial charge in [-0.25, -0.2) is 8.78 Å². The summed E-state index contributed by atoms with van der Waals surface area (Å²) in [7, 11) is 1.53. The Hall–Kier alpha value is -1.16. The van der Waals surface area contributed by atoms with Crippen molar-refractivity contribution < 1.29 is 13.6 Å². The van der Waals surface area contributed by atoms with Crippen molar-refractivity contribution in [2.24, 2.45) is 0 Å². The molecule has 0 aliphatic rings. The molecular formula is C7H7F2NO. The van der Waals surface area contributed by atoms with Crippen molar-refractivity contribution >= 4 is 0 Å². The highest BCUT2D eigenvalue weighted by Crippen LogP contribution is 2.13. The van der Waals surface area contributed by atoms with Crippen LogP contribution in [0.4, 0.5) is 8.78 Å². The van der Waals surface area contributed by atoms with E-state index in [4.69, 9.17) is 0 Å². The maximum atomic E-state index is 12.4. The monoisotopic (exact) mass is 159 g/mol. The number of nitrogens with one attached hydrogen (secondary N) is 1. The number of halogens is 2. The van der Waals surface area contributed by atoms with Crippen molar-refractivity contribution in [1.29, 1.82) is 0 Å². The molecule has 11 heavy (non-hydrogen) atoms. The minimum absolute atomic E-state index is 0.242. The summed E-state index contributed by atoms with van der Waals surface area (Å²) in [5, 5.41) is 0. The lowest BCUT2D eigenvalue weighted by molar-refractivity contribution is 0.222. The van der Waals surface area contributed by atoms with Gasteiger partial charge in [0.2, 0.25) is 0 Å². The molecule has 0 aliphatic heterocycles. The van der Waals surface area contributed by atoms with E-state index in [-0.39, 0.29) is 5.75 Å². The van der Waals surface area contributed by atoms with Gasteiger partial charge in [0, 0.05) is 13.1 Å². The summed E-state index contributed by atoms with van der Waals surface area (Å²) in [6, 6.07) is 3.29. The van der Waals surface area contributed by atoms with Gasteiger partial charge >= 0.3 is 0 Å². The van der Waals surface area contributed by atoms with Gasteiger partial charge in [-0.3, -0.25) is 0 Å².